The molecule has 1 fully saturated rings. The average Bonchev–Trinajstić information content (AvgIpc) is 3.34. The van der Waals surface area contributed by atoms with E-state index in [0.717, 1.165) is 52.2 Å². The van der Waals surface area contributed by atoms with Crippen molar-refractivity contribution in [2.45, 2.75) is 44.4 Å². The van der Waals surface area contributed by atoms with Crippen LogP contribution in [-0.2, 0) is 0 Å². The zero-order chi connectivity index (χ0) is 22.1. The second-order valence-corrected chi connectivity index (χ2v) is 9.61. The van der Waals surface area contributed by atoms with Gasteiger partial charge in [0.05, 0.1) is 17.1 Å². The zero-order valence-electron chi connectivity index (χ0n) is 17.8. The molecule has 1 aliphatic rings. The first-order valence-corrected chi connectivity index (χ1v) is 11.8. The Morgan fingerprint density at radius 1 is 1.03 bits per heavy atom. The van der Waals surface area contributed by atoms with E-state index in [-0.39, 0.29) is 5.82 Å². The molecule has 0 amide bonds. The van der Waals surface area contributed by atoms with Crippen LogP contribution in [0.4, 0.5) is 4.39 Å². The number of halogens is 1. The fourth-order valence-electron chi connectivity index (χ4n) is 4.85. The molecule has 6 heteroatoms. The Labute approximate surface area is 190 Å². The van der Waals surface area contributed by atoms with Crippen molar-refractivity contribution in [2.24, 2.45) is 5.92 Å². The van der Waals surface area contributed by atoms with E-state index in [1.54, 1.807) is 23.5 Å². The standard InChI is InChI=1S/C26H23FN4S/c1-16(25-30-31-26(32-25)20-4-2-17(15-28)3-5-20)18-6-8-19(9-7-18)22-12-13-29-24-11-10-21(27)14-23(22)24/h2-5,10-14,16,18-19H,6-9H2,1H3/t16-,18-,19+/m1/s1. The van der Waals surface area contributed by atoms with Crippen molar-refractivity contribution in [3.63, 3.8) is 0 Å². The number of hydrogen-bond acceptors (Lipinski definition) is 5. The van der Waals surface area contributed by atoms with Crippen molar-refractivity contribution in [3.8, 4) is 16.6 Å². The second kappa shape index (κ2) is 8.76. The van der Waals surface area contributed by atoms with E-state index in [1.807, 2.05) is 30.5 Å². The lowest BCUT2D eigenvalue weighted by molar-refractivity contribution is 0.290. The van der Waals surface area contributed by atoms with E-state index in [1.165, 1.54) is 11.6 Å². The third kappa shape index (κ3) is 4.01. The van der Waals surface area contributed by atoms with E-state index >= 15 is 0 Å². The van der Waals surface area contributed by atoms with Gasteiger partial charge in [-0.1, -0.05) is 30.4 Å². The molecule has 0 spiro atoms. The lowest BCUT2D eigenvalue weighted by Gasteiger charge is -2.32. The Morgan fingerprint density at radius 3 is 2.56 bits per heavy atom. The number of nitrogens with zero attached hydrogens (tertiary/aromatic N) is 4. The van der Waals surface area contributed by atoms with Gasteiger partial charge < -0.3 is 0 Å². The molecule has 32 heavy (non-hydrogen) atoms. The predicted octanol–water partition coefficient (Wildman–Crippen LogP) is 6.84. The summed E-state index contributed by atoms with van der Waals surface area (Å²) in [5.74, 6) is 1.16. The summed E-state index contributed by atoms with van der Waals surface area (Å²) in [7, 11) is 0. The van der Waals surface area contributed by atoms with Crippen molar-refractivity contribution in [2.75, 3.05) is 0 Å². The van der Waals surface area contributed by atoms with Crippen LogP contribution in [0.15, 0.2) is 54.7 Å². The Kier molecular flexibility index (Phi) is 5.67. The highest BCUT2D eigenvalue weighted by atomic mass is 32.1. The summed E-state index contributed by atoms with van der Waals surface area (Å²) in [4.78, 5) is 4.40. The summed E-state index contributed by atoms with van der Waals surface area (Å²) >= 11 is 1.65. The Morgan fingerprint density at radius 2 is 1.81 bits per heavy atom. The van der Waals surface area contributed by atoms with Crippen LogP contribution in [0.3, 0.4) is 0 Å². The summed E-state index contributed by atoms with van der Waals surface area (Å²) in [6.07, 6.45) is 6.27. The maximum Gasteiger partial charge on any atom is 0.147 e. The summed E-state index contributed by atoms with van der Waals surface area (Å²) in [6, 6.07) is 16.6. The molecule has 4 nitrogen and oxygen atoms in total. The Bertz CT molecular complexity index is 1280. The van der Waals surface area contributed by atoms with Crippen LogP contribution in [0, 0.1) is 23.1 Å². The van der Waals surface area contributed by atoms with Crippen LogP contribution in [0.25, 0.3) is 21.5 Å². The highest BCUT2D eigenvalue weighted by Gasteiger charge is 2.29. The van der Waals surface area contributed by atoms with E-state index in [2.05, 4.69) is 34.2 Å². The molecular weight excluding hydrogens is 419 g/mol. The topological polar surface area (TPSA) is 62.5 Å². The molecular formula is C26H23FN4S. The highest BCUT2D eigenvalue weighted by molar-refractivity contribution is 7.14. The first-order valence-electron chi connectivity index (χ1n) is 11.0. The molecule has 2 heterocycles. The van der Waals surface area contributed by atoms with Crippen LogP contribution >= 0.6 is 11.3 Å². The van der Waals surface area contributed by atoms with Gasteiger partial charge in [-0.25, -0.2) is 4.39 Å². The van der Waals surface area contributed by atoms with E-state index < -0.39 is 0 Å². The van der Waals surface area contributed by atoms with Crippen LogP contribution in [0.2, 0.25) is 0 Å². The van der Waals surface area contributed by atoms with Gasteiger partial charge in [-0.3, -0.25) is 4.98 Å². The minimum atomic E-state index is -0.205. The van der Waals surface area contributed by atoms with Crippen molar-refractivity contribution < 1.29 is 4.39 Å². The molecule has 160 valence electrons. The Hall–Kier alpha value is -3.17. The third-order valence-corrected chi connectivity index (χ3v) is 7.92. The number of nitriles is 1. The normalized spacial score (nSPS) is 19.5. The molecule has 5 rings (SSSR count). The Balaban J connectivity index is 1.28. The molecule has 0 saturated heterocycles. The van der Waals surface area contributed by atoms with Gasteiger partial charge in [0, 0.05) is 23.1 Å². The van der Waals surface area contributed by atoms with Gasteiger partial charge in [0.15, 0.2) is 0 Å². The third-order valence-electron chi connectivity index (χ3n) is 6.75. The highest BCUT2D eigenvalue weighted by Crippen LogP contribution is 2.44. The van der Waals surface area contributed by atoms with Crippen molar-refractivity contribution >= 4 is 22.2 Å². The smallest absolute Gasteiger partial charge is 0.147 e. The molecule has 1 saturated carbocycles. The van der Waals surface area contributed by atoms with Crippen molar-refractivity contribution in [3.05, 3.63) is 76.7 Å². The van der Waals surface area contributed by atoms with Crippen LogP contribution in [0.1, 0.15) is 60.6 Å². The van der Waals surface area contributed by atoms with Crippen molar-refractivity contribution in [1.82, 2.24) is 15.2 Å². The van der Waals surface area contributed by atoms with Crippen LogP contribution in [-0.4, -0.2) is 15.2 Å². The van der Waals surface area contributed by atoms with Crippen LogP contribution < -0.4 is 0 Å². The molecule has 0 N–H and O–H groups in total. The van der Waals surface area contributed by atoms with Gasteiger partial charge in [0.2, 0.25) is 0 Å². The first-order chi connectivity index (χ1) is 15.6. The molecule has 4 aromatic rings. The number of hydrogen-bond donors (Lipinski definition) is 0. The van der Waals surface area contributed by atoms with Crippen molar-refractivity contribution in [1.29, 1.82) is 5.26 Å². The molecule has 1 aliphatic carbocycles. The molecule has 0 unspecified atom stereocenters. The fourth-order valence-corrected chi connectivity index (χ4v) is 5.84. The molecule has 0 aliphatic heterocycles. The second-order valence-electron chi connectivity index (χ2n) is 8.60. The molecule has 0 radical (unpaired) electrons. The van der Waals surface area contributed by atoms with E-state index in [9.17, 15) is 4.39 Å². The summed E-state index contributed by atoms with van der Waals surface area (Å²) < 4.78 is 13.8. The van der Waals surface area contributed by atoms with Crippen LogP contribution in [0.5, 0.6) is 0 Å². The van der Waals surface area contributed by atoms with E-state index in [4.69, 9.17) is 5.26 Å². The van der Waals surface area contributed by atoms with Gasteiger partial charge >= 0.3 is 0 Å². The first kappa shape index (κ1) is 20.7. The summed E-state index contributed by atoms with van der Waals surface area (Å²) in [5.41, 5.74) is 3.73. The molecule has 2 aromatic heterocycles. The maximum atomic E-state index is 13.8. The molecule has 1 atom stereocenters. The lowest BCUT2D eigenvalue weighted by Crippen LogP contribution is -2.18. The summed E-state index contributed by atoms with van der Waals surface area (Å²) in [6.45, 7) is 2.26. The summed E-state index contributed by atoms with van der Waals surface area (Å²) in [5, 5.41) is 20.8. The van der Waals surface area contributed by atoms with E-state index in [0.29, 0.717) is 23.3 Å². The minimum Gasteiger partial charge on any atom is -0.256 e. The zero-order valence-corrected chi connectivity index (χ0v) is 18.6. The molecule has 0 bridgehead atoms. The SMILES string of the molecule is C[C@@H](c1nnc(-c2ccc(C#N)cc2)s1)[C@H]1CC[C@@H](c2ccnc3ccc(F)cc32)CC1. The van der Waals surface area contributed by atoms with Gasteiger partial charge in [-0.05, 0) is 79.5 Å². The lowest BCUT2D eigenvalue weighted by atomic mass is 9.74. The quantitative estimate of drug-likeness (QED) is 0.347. The largest absolute Gasteiger partial charge is 0.256 e. The monoisotopic (exact) mass is 442 g/mol. The minimum absolute atomic E-state index is 0.205. The number of fused-ring (bicyclic) bond motifs is 1. The van der Waals surface area contributed by atoms with Gasteiger partial charge in [0.25, 0.3) is 0 Å². The number of benzene rings is 2. The molecule has 2 aromatic carbocycles. The fraction of sp³-hybridized carbons (Fsp3) is 0.308. The predicted molar refractivity (Wildman–Crippen MR) is 125 cm³/mol. The number of aromatic nitrogens is 3. The number of rotatable bonds is 4. The number of pyridine rings is 1. The van der Waals surface area contributed by atoms with Gasteiger partial charge in [-0.15, -0.1) is 10.2 Å². The maximum absolute atomic E-state index is 13.8. The van der Waals surface area contributed by atoms with Gasteiger partial charge in [0.1, 0.15) is 15.8 Å². The average molecular weight is 443 g/mol. The van der Waals surface area contributed by atoms with Gasteiger partial charge in [-0.2, -0.15) is 5.26 Å².